The van der Waals surface area contributed by atoms with Crippen molar-refractivity contribution in [2.75, 3.05) is 23.9 Å². The van der Waals surface area contributed by atoms with E-state index in [2.05, 4.69) is 15.5 Å². The standard InChI is InChI=1S/C16H17ClN4O3S/c1-3-13-19-20-16(25-13)18-15(23)9-6-14(22)21(8-9)11-7-10(17)4-5-12(11)24-2/h4-5,7,9H,3,6,8H2,1-2H3,(H,18,20,23)/t9-/m0/s1. The zero-order valence-electron chi connectivity index (χ0n) is 13.8. The first-order chi connectivity index (χ1) is 12.0. The van der Waals surface area contributed by atoms with E-state index in [1.165, 1.54) is 23.3 Å². The molecule has 0 saturated carbocycles. The van der Waals surface area contributed by atoms with Gasteiger partial charge in [0, 0.05) is 18.0 Å². The van der Waals surface area contributed by atoms with Crippen molar-refractivity contribution in [1.29, 1.82) is 0 Å². The lowest BCUT2D eigenvalue weighted by Gasteiger charge is -2.19. The van der Waals surface area contributed by atoms with E-state index >= 15 is 0 Å². The zero-order chi connectivity index (χ0) is 18.0. The van der Waals surface area contributed by atoms with Gasteiger partial charge in [-0.05, 0) is 24.6 Å². The van der Waals surface area contributed by atoms with Crippen LogP contribution in [0.25, 0.3) is 0 Å². The largest absolute Gasteiger partial charge is 0.495 e. The van der Waals surface area contributed by atoms with Crippen LogP contribution in [0, 0.1) is 5.92 Å². The number of aromatic nitrogens is 2. The molecule has 1 atom stereocenters. The summed E-state index contributed by atoms with van der Waals surface area (Å²) in [7, 11) is 1.53. The highest BCUT2D eigenvalue weighted by Gasteiger charge is 2.36. The summed E-state index contributed by atoms with van der Waals surface area (Å²) in [5.41, 5.74) is 0.569. The number of benzene rings is 1. The summed E-state index contributed by atoms with van der Waals surface area (Å²) < 4.78 is 5.30. The summed E-state index contributed by atoms with van der Waals surface area (Å²) >= 11 is 7.37. The number of amides is 2. The average molecular weight is 381 g/mol. The molecule has 1 aromatic carbocycles. The molecule has 7 nitrogen and oxygen atoms in total. The minimum atomic E-state index is -0.467. The number of anilines is 2. The lowest BCUT2D eigenvalue weighted by molar-refractivity contribution is -0.122. The summed E-state index contributed by atoms with van der Waals surface area (Å²) in [6, 6.07) is 5.05. The van der Waals surface area contributed by atoms with Gasteiger partial charge >= 0.3 is 0 Å². The molecule has 1 aliphatic heterocycles. The molecule has 0 radical (unpaired) electrons. The van der Waals surface area contributed by atoms with Gasteiger partial charge in [0.25, 0.3) is 0 Å². The number of halogens is 1. The van der Waals surface area contributed by atoms with Crippen LogP contribution in [0.1, 0.15) is 18.4 Å². The number of hydrogen-bond donors (Lipinski definition) is 1. The number of carbonyl (C=O) groups excluding carboxylic acids is 2. The number of carbonyl (C=O) groups is 2. The average Bonchev–Trinajstić information content (AvgIpc) is 3.21. The first-order valence-electron chi connectivity index (χ1n) is 7.79. The van der Waals surface area contributed by atoms with Crippen LogP contribution in [0.3, 0.4) is 0 Å². The lowest BCUT2D eigenvalue weighted by Crippen LogP contribution is -2.28. The number of nitrogens with zero attached hydrogens (tertiary/aromatic N) is 3. The highest BCUT2D eigenvalue weighted by Crippen LogP contribution is 2.35. The fourth-order valence-corrected chi connectivity index (χ4v) is 3.49. The maximum Gasteiger partial charge on any atom is 0.231 e. The van der Waals surface area contributed by atoms with Crippen molar-refractivity contribution in [3.05, 3.63) is 28.2 Å². The molecule has 1 fully saturated rings. The summed E-state index contributed by atoms with van der Waals surface area (Å²) in [4.78, 5) is 26.4. The molecule has 0 unspecified atom stereocenters. The number of nitrogens with one attached hydrogen (secondary N) is 1. The second-order valence-corrected chi connectivity index (χ2v) is 7.06. The Labute approximate surface area is 153 Å². The van der Waals surface area contributed by atoms with Gasteiger partial charge in [0.15, 0.2) is 0 Å². The molecule has 9 heteroatoms. The van der Waals surface area contributed by atoms with E-state index in [-0.39, 0.29) is 24.8 Å². The van der Waals surface area contributed by atoms with Crippen LogP contribution in [0.2, 0.25) is 5.02 Å². The van der Waals surface area contributed by atoms with Gasteiger partial charge in [-0.1, -0.05) is 29.9 Å². The minimum Gasteiger partial charge on any atom is -0.495 e. The SMILES string of the molecule is CCc1nnc(NC(=O)[C@H]2CC(=O)N(c3cc(Cl)ccc3OC)C2)s1. The van der Waals surface area contributed by atoms with Gasteiger partial charge < -0.3 is 15.0 Å². The topological polar surface area (TPSA) is 84.4 Å². The van der Waals surface area contributed by atoms with Gasteiger partial charge in [0.2, 0.25) is 16.9 Å². The number of rotatable bonds is 5. The number of hydrogen-bond acceptors (Lipinski definition) is 6. The second-order valence-electron chi connectivity index (χ2n) is 5.57. The van der Waals surface area contributed by atoms with E-state index in [0.717, 1.165) is 11.4 Å². The molecular formula is C16H17ClN4O3S. The smallest absolute Gasteiger partial charge is 0.231 e. The minimum absolute atomic E-state index is 0.126. The van der Waals surface area contributed by atoms with E-state index in [1.807, 2.05) is 6.92 Å². The molecule has 1 saturated heterocycles. The maximum absolute atomic E-state index is 12.4. The molecule has 2 aromatic rings. The lowest BCUT2D eigenvalue weighted by atomic mass is 10.1. The molecule has 1 N–H and O–H groups in total. The summed E-state index contributed by atoms with van der Waals surface area (Å²) in [5.74, 6) is -0.316. The molecule has 25 heavy (non-hydrogen) atoms. The van der Waals surface area contributed by atoms with Crippen LogP contribution >= 0.6 is 22.9 Å². The van der Waals surface area contributed by atoms with Crippen LogP contribution < -0.4 is 15.0 Å². The summed E-state index contributed by atoms with van der Waals surface area (Å²) in [6.45, 7) is 2.23. The highest BCUT2D eigenvalue weighted by atomic mass is 35.5. The Kier molecular flexibility index (Phi) is 5.19. The van der Waals surface area contributed by atoms with E-state index in [9.17, 15) is 9.59 Å². The van der Waals surface area contributed by atoms with Crippen LogP contribution in [0.5, 0.6) is 5.75 Å². The molecule has 0 bridgehead atoms. The molecule has 1 aromatic heterocycles. The maximum atomic E-state index is 12.4. The monoisotopic (exact) mass is 380 g/mol. The molecule has 3 rings (SSSR count). The summed E-state index contributed by atoms with van der Waals surface area (Å²) in [5, 5.41) is 12.4. The van der Waals surface area contributed by atoms with Gasteiger partial charge in [-0.3, -0.25) is 9.59 Å². The van der Waals surface area contributed by atoms with Crippen molar-refractivity contribution in [2.24, 2.45) is 5.92 Å². The van der Waals surface area contributed by atoms with Gasteiger partial charge in [-0.25, -0.2) is 0 Å². The summed E-state index contributed by atoms with van der Waals surface area (Å²) in [6.07, 6.45) is 0.888. The van der Waals surface area contributed by atoms with E-state index in [0.29, 0.717) is 21.6 Å². The van der Waals surface area contributed by atoms with Crippen LogP contribution in [0.15, 0.2) is 18.2 Å². The van der Waals surface area contributed by atoms with Crippen LogP contribution in [-0.4, -0.2) is 35.7 Å². The number of ether oxygens (including phenoxy) is 1. The van der Waals surface area contributed by atoms with E-state index in [1.54, 1.807) is 18.2 Å². The molecule has 2 amide bonds. The van der Waals surface area contributed by atoms with Gasteiger partial charge in [-0.15, -0.1) is 10.2 Å². The van der Waals surface area contributed by atoms with E-state index in [4.69, 9.17) is 16.3 Å². The first kappa shape index (κ1) is 17.6. The molecule has 132 valence electrons. The van der Waals surface area contributed by atoms with Crippen molar-refractivity contribution < 1.29 is 14.3 Å². The third-order valence-corrected chi connectivity index (χ3v) is 5.15. The van der Waals surface area contributed by atoms with Crippen LogP contribution in [0.4, 0.5) is 10.8 Å². The van der Waals surface area contributed by atoms with Crippen molar-refractivity contribution >= 4 is 45.6 Å². The Balaban J connectivity index is 1.74. The second kappa shape index (κ2) is 7.37. The zero-order valence-corrected chi connectivity index (χ0v) is 15.4. The van der Waals surface area contributed by atoms with Crippen molar-refractivity contribution in [3.63, 3.8) is 0 Å². The third kappa shape index (κ3) is 3.74. The number of methoxy groups -OCH3 is 1. The van der Waals surface area contributed by atoms with Gasteiger partial charge in [-0.2, -0.15) is 0 Å². The predicted molar refractivity (Wildman–Crippen MR) is 96.4 cm³/mol. The normalized spacial score (nSPS) is 17.0. The third-order valence-electron chi connectivity index (χ3n) is 3.93. The molecule has 1 aliphatic rings. The fourth-order valence-electron chi connectivity index (χ4n) is 2.64. The Morgan fingerprint density at radius 2 is 2.28 bits per heavy atom. The van der Waals surface area contributed by atoms with Crippen molar-refractivity contribution in [3.8, 4) is 5.75 Å². The van der Waals surface area contributed by atoms with E-state index < -0.39 is 5.92 Å². The van der Waals surface area contributed by atoms with Crippen LogP contribution in [-0.2, 0) is 16.0 Å². The highest BCUT2D eigenvalue weighted by molar-refractivity contribution is 7.15. The molecular weight excluding hydrogens is 364 g/mol. The van der Waals surface area contributed by atoms with Crippen molar-refractivity contribution in [1.82, 2.24) is 10.2 Å². The Hall–Kier alpha value is -2.19. The Bertz CT molecular complexity index is 810. The first-order valence-corrected chi connectivity index (χ1v) is 8.98. The number of aryl methyl sites for hydroxylation is 1. The van der Waals surface area contributed by atoms with Crippen molar-refractivity contribution in [2.45, 2.75) is 19.8 Å². The fraction of sp³-hybridized carbons (Fsp3) is 0.375. The predicted octanol–water partition coefficient (Wildman–Crippen LogP) is 2.75. The van der Waals surface area contributed by atoms with Gasteiger partial charge in [0.1, 0.15) is 10.8 Å². The quantitative estimate of drug-likeness (QED) is 0.862. The molecule has 2 heterocycles. The molecule has 0 aliphatic carbocycles. The van der Waals surface area contributed by atoms with Gasteiger partial charge in [0.05, 0.1) is 18.7 Å². The Morgan fingerprint density at radius 3 is 2.96 bits per heavy atom. The molecule has 0 spiro atoms. The Morgan fingerprint density at radius 1 is 1.48 bits per heavy atom.